The van der Waals surface area contributed by atoms with Crippen molar-refractivity contribution >= 4 is 23.5 Å². The largest absolute Gasteiger partial charge is 0.481 e. The smallest absolute Gasteiger partial charge is 0.305 e. The Kier molecular flexibility index (Phi) is 5.75. The van der Waals surface area contributed by atoms with Crippen molar-refractivity contribution in [2.75, 3.05) is 0 Å². The minimum atomic E-state index is -1.02. The van der Waals surface area contributed by atoms with Gasteiger partial charge in [0.2, 0.25) is 5.82 Å². The first kappa shape index (κ1) is 19.6. The summed E-state index contributed by atoms with van der Waals surface area (Å²) < 4.78 is 1.48. The lowest BCUT2D eigenvalue weighted by Gasteiger charge is -2.16. The van der Waals surface area contributed by atoms with Gasteiger partial charge in [-0.25, -0.2) is 9.67 Å². The number of carbonyl (C=O) groups excluding carboxylic acids is 1. The molecule has 0 saturated heterocycles. The van der Waals surface area contributed by atoms with Crippen molar-refractivity contribution in [1.29, 1.82) is 0 Å². The molecule has 1 heterocycles. The highest BCUT2D eigenvalue weighted by Gasteiger charge is 2.22. The summed E-state index contributed by atoms with van der Waals surface area (Å²) in [6.45, 7) is 3.64. The van der Waals surface area contributed by atoms with Crippen molar-refractivity contribution < 1.29 is 14.7 Å². The number of amides is 1. The molecule has 0 saturated carbocycles. The van der Waals surface area contributed by atoms with E-state index in [0.717, 1.165) is 5.56 Å². The van der Waals surface area contributed by atoms with Crippen LogP contribution in [0.4, 0.5) is 0 Å². The van der Waals surface area contributed by atoms with Crippen molar-refractivity contribution in [1.82, 2.24) is 20.1 Å². The number of halogens is 1. The maximum absolute atomic E-state index is 12.7. The van der Waals surface area contributed by atoms with Gasteiger partial charge >= 0.3 is 5.97 Å². The first-order chi connectivity index (χ1) is 13.3. The number of nitrogens with zero attached hydrogens (tertiary/aromatic N) is 3. The number of hydrogen-bond donors (Lipinski definition) is 2. The third-order valence-electron chi connectivity index (χ3n) is 4.22. The van der Waals surface area contributed by atoms with Gasteiger partial charge in [-0.15, -0.1) is 5.10 Å². The summed E-state index contributed by atoms with van der Waals surface area (Å²) >= 11 is 6.20. The second kappa shape index (κ2) is 8.22. The summed E-state index contributed by atoms with van der Waals surface area (Å²) in [6.07, 6.45) is -0.251. The number of aryl methyl sites for hydroxylation is 2. The Morgan fingerprint density at radius 1 is 1.14 bits per heavy atom. The fourth-order valence-corrected chi connectivity index (χ4v) is 3.00. The lowest BCUT2D eigenvalue weighted by molar-refractivity contribution is -0.137. The van der Waals surface area contributed by atoms with Crippen LogP contribution in [0.2, 0.25) is 5.02 Å². The third kappa shape index (κ3) is 4.37. The molecule has 2 aromatic carbocycles. The molecule has 1 atom stereocenters. The van der Waals surface area contributed by atoms with Crippen LogP contribution in [0.5, 0.6) is 0 Å². The van der Waals surface area contributed by atoms with Gasteiger partial charge in [-0.05, 0) is 31.5 Å². The molecule has 1 aromatic heterocycles. The van der Waals surface area contributed by atoms with Gasteiger partial charge in [0.05, 0.1) is 23.2 Å². The van der Waals surface area contributed by atoms with Crippen LogP contribution in [0.3, 0.4) is 0 Å². The van der Waals surface area contributed by atoms with Gasteiger partial charge in [0, 0.05) is 0 Å². The van der Waals surface area contributed by atoms with Crippen LogP contribution < -0.4 is 5.32 Å². The molecular formula is C20H19ClN4O3. The Balaban J connectivity index is 1.86. The van der Waals surface area contributed by atoms with Crippen molar-refractivity contribution in [3.8, 4) is 5.69 Å². The molecule has 0 aliphatic heterocycles. The lowest BCUT2D eigenvalue weighted by Crippen LogP contribution is -2.31. The number of nitrogens with one attached hydrogen (secondary N) is 1. The van der Waals surface area contributed by atoms with Gasteiger partial charge in [0.1, 0.15) is 5.82 Å². The Labute approximate surface area is 167 Å². The van der Waals surface area contributed by atoms with E-state index in [0.29, 0.717) is 22.1 Å². The monoisotopic (exact) mass is 398 g/mol. The molecule has 0 aliphatic carbocycles. The van der Waals surface area contributed by atoms with Crippen molar-refractivity contribution in [2.24, 2.45) is 0 Å². The molecule has 144 valence electrons. The number of benzene rings is 2. The van der Waals surface area contributed by atoms with Gasteiger partial charge in [-0.3, -0.25) is 9.59 Å². The zero-order valence-electron chi connectivity index (χ0n) is 15.4. The van der Waals surface area contributed by atoms with E-state index in [1.807, 2.05) is 25.1 Å². The topological polar surface area (TPSA) is 97.1 Å². The zero-order chi connectivity index (χ0) is 20.3. The van der Waals surface area contributed by atoms with E-state index in [-0.39, 0.29) is 12.2 Å². The number of aliphatic carboxylic acids is 1. The molecule has 0 radical (unpaired) electrons. The number of aromatic nitrogens is 3. The highest BCUT2D eigenvalue weighted by molar-refractivity contribution is 6.32. The first-order valence-corrected chi connectivity index (χ1v) is 9.00. The summed E-state index contributed by atoms with van der Waals surface area (Å²) in [4.78, 5) is 28.1. The summed E-state index contributed by atoms with van der Waals surface area (Å²) in [5, 5.41) is 16.6. The van der Waals surface area contributed by atoms with Crippen LogP contribution >= 0.6 is 11.6 Å². The number of carboxylic acid groups (broad SMARTS) is 1. The third-order valence-corrected chi connectivity index (χ3v) is 4.54. The molecule has 0 bridgehead atoms. The highest BCUT2D eigenvalue weighted by atomic mass is 35.5. The van der Waals surface area contributed by atoms with Gasteiger partial charge < -0.3 is 10.4 Å². The van der Waals surface area contributed by atoms with E-state index in [2.05, 4.69) is 15.4 Å². The molecule has 3 rings (SSSR count). The maximum atomic E-state index is 12.7. The normalized spacial score (nSPS) is 11.8. The van der Waals surface area contributed by atoms with Gasteiger partial charge in [-0.2, -0.15) is 0 Å². The van der Waals surface area contributed by atoms with Crippen molar-refractivity contribution in [3.63, 3.8) is 0 Å². The Bertz CT molecular complexity index is 1010. The highest BCUT2D eigenvalue weighted by Crippen LogP contribution is 2.21. The summed E-state index contributed by atoms with van der Waals surface area (Å²) in [7, 11) is 0. The molecule has 0 spiro atoms. The second-order valence-corrected chi connectivity index (χ2v) is 6.79. The van der Waals surface area contributed by atoms with E-state index < -0.39 is 17.9 Å². The lowest BCUT2D eigenvalue weighted by atomic mass is 10.0. The zero-order valence-corrected chi connectivity index (χ0v) is 16.1. The Morgan fingerprint density at radius 3 is 2.46 bits per heavy atom. The molecule has 28 heavy (non-hydrogen) atoms. The predicted molar refractivity (Wildman–Crippen MR) is 105 cm³/mol. The molecule has 7 nitrogen and oxygen atoms in total. The van der Waals surface area contributed by atoms with Crippen LogP contribution in [0.15, 0.2) is 48.5 Å². The molecule has 8 heteroatoms. The molecular weight excluding hydrogens is 380 g/mol. The average molecular weight is 399 g/mol. The van der Waals surface area contributed by atoms with Crippen LogP contribution in [0, 0.1) is 13.8 Å². The standard InChI is InChI=1S/C20H19ClN4O3/c1-12-7-9-14(10-8-12)16(11-18(26)27)23-20(28)19-22-13(2)25(24-19)17-6-4-3-5-15(17)21/h3-10,16H,11H2,1-2H3,(H,23,28)(H,26,27). The fourth-order valence-electron chi connectivity index (χ4n) is 2.79. The maximum Gasteiger partial charge on any atom is 0.305 e. The average Bonchev–Trinajstić information content (AvgIpc) is 3.03. The second-order valence-electron chi connectivity index (χ2n) is 6.38. The Hall–Kier alpha value is -3.19. The van der Waals surface area contributed by atoms with E-state index in [4.69, 9.17) is 11.6 Å². The summed E-state index contributed by atoms with van der Waals surface area (Å²) in [5.41, 5.74) is 2.34. The van der Waals surface area contributed by atoms with E-state index in [9.17, 15) is 14.7 Å². The number of carboxylic acids is 1. The predicted octanol–water partition coefficient (Wildman–Crippen LogP) is 3.48. The van der Waals surface area contributed by atoms with Crippen LogP contribution in [-0.4, -0.2) is 31.7 Å². The number of hydrogen-bond acceptors (Lipinski definition) is 4. The van der Waals surface area contributed by atoms with Crippen LogP contribution in [0.1, 0.15) is 40.0 Å². The quantitative estimate of drug-likeness (QED) is 0.662. The van der Waals surface area contributed by atoms with Gasteiger partial charge in [-0.1, -0.05) is 53.6 Å². The van der Waals surface area contributed by atoms with Crippen molar-refractivity contribution in [2.45, 2.75) is 26.3 Å². The summed E-state index contributed by atoms with van der Waals surface area (Å²) in [6, 6.07) is 13.7. The molecule has 2 N–H and O–H groups in total. The molecule has 0 aliphatic rings. The molecule has 0 fully saturated rings. The Morgan fingerprint density at radius 2 is 1.82 bits per heavy atom. The van der Waals surface area contributed by atoms with Crippen molar-refractivity contribution in [3.05, 3.63) is 76.3 Å². The molecule has 1 amide bonds. The van der Waals surface area contributed by atoms with E-state index in [1.54, 1.807) is 37.3 Å². The number of para-hydroxylation sites is 1. The van der Waals surface area contributed by atoms with E-state index in [1.165, 1.54) is 4.68 Å². The van der Waals surface area contributed by atoms with Gasteiger partial charge in [0.25, 0.3) is 5.91 Å². The van der Waals surface area contributed by atoms with Gasteiger partial charge in [0.15, 0.2) is 0 Å². The number of rotatable bonds is 6. The summed E-state index contributed by atoms with van der Waals surface area (Å²) in [5.74, 6) is -1.14. The minimum Gasteiger partial charge on any atom is -0.481 e. The SMILES string of the molecule is Cc1ccc(C(CC(=O)O)NC(=O)c2nc(C)n(-c3ccccc3Cl)n2)cc1. The number of carbonyl (C=O) groups is 2. The van der Waals surface area contributed by atoms with Crippen LogP contribution in [-0.2, 0) is 4.79 Å². The van der Waals surface area contributed by atoms with Crippen LogP contribution in [0.25, 0.3) is 5.69 Å². The minimum absolute atomic E-state index is 0.0556. The first-order valence-electron chi connectivity index (χ1n) is 8.63. The van der Waals surface area contributed by atoms with E-state index >= 15 is 0 Å². The fraction of sp³-hybridized carbons (Fsp3) is 0.200. The molecule has 1 unspecified atom stereocenters. The molecule has 3 aromatic rings.